The standard InChI is InChI=1S/C25H26N2O3/c1-18-7-9-20(10-8-18)16-26-25(28)27-22(13-19-5-3-2-4-6-19)14-21-11-12-23-24(15-21)30-17-29-23/h2-12,15,22H,13-14,16-17H2,1H3,(H2,26,27,28)/t22-/m1/s1. The molecule has 0 aromatic heterocycles. The van der Waals surface area contributed by atoms with E-state index in [1.165, 1.54) is 11.1 Å². The number of nitrogens with one attached hydrogen (secondary N) is 2. The lowest BCUT2D eigenvalue weighted by atomic mass is 9.98. The number of ether oxygens (including phenoxy) is 2. The van der Waals surface area contributed by atoms with Crippen LogP contribution in [0.3, 0.4) is 0 Å². The molecule has 0 saturated heterocycles. The summed E-state index contributed by atoms with van der Waals surface area (Å²) in [5, 5.41) is 6.11. The molecule has 0 saturated carbocycles. The van der Waals surface area contributed by atoms with E-state index in [0.29, 0.717) is 13.0 Å². The van der Waals surface area contributed by atoms with E-state index in [1.807, 2.05) is 67.6 Å². The van der Waals surface area contributed by atoms with Gasteiger partial charge in [-0.05, 0) is 48.6 Å². The van der Waals surface area contributed by atoms with Crippen LogP contribution in [0.1, 0.15) is 22.3 Å². The lowest BCUT2D eigenvalue weighted by Gasteiger charge is -2.20. The van der Waals surface area contributed by atoms with Gasteiger partial charge in [0.25, 0.3) is 0 Å². The molecule has 0 radical (unpaired) electrons. The Morgan fingerprint density at radius 2 is 1.57 bits per heavy atom. The Hall–Kier alpha value is -3.47. The van der Waals surface area contributed by atoms with Crippen molar-refractivity contribution in [1.29, 1.82) is 0 Å². The Morgan fingerprint density at radius 3 is 2.37 bits per heavy atom. The van der Waals surface area contributed by atoms with Crippen LogP contribution in [0.4, 0.5) is 4.79 Å². The fraction of sp³-hybridized carbons (Fsp3) is 0.240. The number of fused-ring (bicyclic) bond motifs is 1. The largest absolute Gasteiger partial charge is 0.454 e. The number of benzene rings is 3. The van der Waals surface area contributed by atoms with Gasteiger partial charge in [-0.1, -0.05) is 66.2 Å². The van der Waals surface area contributed by atoms with Crippen molar-refractivity contribution in [2.24, 2.45) is 0 Å². The average molecular weight is 402 g/mol. The van der Waals surface area contributed by atoms with E-state index in [0.717, 1.165) is 29.0 Å². The molecular weight excluding hydrogens is 376 g/mol. The summed E-state index contributed by atoms with van der Waals surface area (Å²) >= 11 is 0. The summed E-state index contributed by atoms with van der Waals surface area (Å²) in [5.41, 5.74) is 4.56. The minimum absolute atomic E-state index is 0.0502. The van der Waals surface area contributed by atoms with Crippen LogP contribution in [0.5, 0.6) is 11.5 Å². The zero-order valence-electron chi connectivity index (χ0n) is 17.1. The molecule has 0 aliphatic carbocycles. The lowest BCUT2D eigenvalue weighted by Crippen LogP contribution is -2.43. The summed E-state index contributed by atoms with van der Waals surface area (Å²) < 4.78 is 10.9. The molecule has 1 atom stereocenters. The second-order valence-electron chi connectivity index (χ2n) is 7.59. The first kappa shape index (κ1) is 19.8. The van der Waals surface area contributed by atoms with Crippen molar-refractivity contribution in [2.75, 3.05) is 6.79 Å². The van der Waals surface area contributed by atoms with Gasteiger partial charge in [0.2, 0.25) is 6.79 Å². The van der Waals surface area contributed by atoms with Gasteiger partial charge < -0.3 is 20.1 Å². The number of rotatable bonds is 7. The molecule has 5 nitrogen and oxygen atoms in total. The van der Waals surface area contributed by atoms with E-state index in [4.69, 9.17) is 9.47 Å². The Morgan fingerprint density at radius 1 is 0.867 bits per heavy atom. The van der Waals surface area contributed by atoms with Gasteiger partial charge in [0, 0.05) is 12.6 Å². The number of carbonyl (C=O) groups is 1. The van der Waals surface area contributed by atoms with Crippen LogP contribution < -0.4 is 20.1 Å². The maximum atomic E-state index is 12.6. The summed E-state index contributed by atoms with van der Waals surface area (Å²) in [5.74, 6) is 1.52. The van der Waals surface area contributed by atoms with Gasteiger partial charge >= 0.3 is 6.03 Å². The quantitative estimate of drug-likeness (QED) is 0.617. The van der Waals surface area contributed by atoms with Gasteiger partial charge in [-0.25, -0.2) is 4.79 Å². The van der Waals surface area contributed by atoms with E-state index in [-0.39, 0.29) is 18.9 Å². The number of urea groups is 1. The third-order valence-corrected chi connectivity index (χ3v) is 5.15. The maximum Gasteiger partial charge on any atom is 0.315 e. The van der Waals surface area contributed by atoms with E-state index >= 15 is 0 Å². The van der Waals surface area contributed by atoms with Crippen molar-refractivity contribution in [3.05, 3.63) is 95.1 Å². The fourth-order valence-electron chi connectivity index (χ4n) is 3.55. The molecule has 1 aliphatic rings. The van der Waals surface area contributed by atoms with Crippen LogP contribution in [-0.4, -0.2) is 18.9 Å². The van der Waals surface area contributed by atoms with Crippen LogP contribution in [0.25, 0.3) is 0 Å². The summed E-state index contributed by atoms with van der Waals surface area (Å²) in [7, 11) is 0. The second kappa shape index (κ2) is 9.35. The van der Waals surface area contributed by atoms with Gasteiger partial charge in [0.05, 0.1) is 0 Å². The molecule has 4 rings (SSSR count). The molecule has 0 spiro atoms. The molecule has 5 heteroatoms. The molecule has 0 fully saturated rings. The zero-order chi connectivity index (χ0) is 20.8. The Bertz CT molecular complexity index is 987. The van der Waals surface area contributed by atoms with Crippen molar-refractivity contribution in [3.63, 3.8) is 0 Å². The molecule has 30 heavy (non-hydrogen) atoms. The van der Waals surface area contributed by atoms with Crippen molar-refractivity contribution in [3.8, 4) is 11.5 Å². The maximum absolute atomic E-state index is 12.6. The second-order valence-corrected chi connectivity index (χ2v) is 7.59. The first-order chi connectivity index (χ1) is 14.7. The van der Waals surface area contributed by atoms with Gasteiger partial charge in [-0.3, -0.25) is 0 Å². The van der Waals surface area contributed by atoms with Crippen molar-refractivity contribution in [1.82, 2.24) is 10.6 Å². The SMILES string of the molecule is Cc1ccc(CNC(=O)N[C@H](Cc2ccccc2)Cc2ccc3c(c2)OCO3)cc1. The first-order valence-corrected chi connectivity index (χ1v) is 10.2. The summed E-state index contributed by atoms with van der Waals surface area (Å²) in [6.45, 7) is 2.80. The lowest BCUT2D eigenvalue weighted by molar-refractivity contribution is 0.174. The van der Waals surface area contributed by atoms with Crippen LogP contribution >= 0.6 is 0 Å². The fourth-order valence-corrected chi connectivity index (χ4v) is 3.55. The molecule has 3 aromatic carbocycles. The molecule has 1 heterocycles. The number of hydrogen-bond acceptors (Lipinski definition) is 3. The van der Waals surface area contributed by atoms with E-state index in [2.05, 4.69) is 22.8 Å². The molecule has 2 N–H and O–H groups in total. The molecular formula is C25H26N2O3. The van der Waals surface area contributed by atoms with Gasteiger partial charge in [0.1, 0.15) is 0 Å². The average Bonchev–Trinajstić information content (AvgIpc) is 3.22. The molecule has 3 aromatic rings. The van der Waals surface area contributed by atoms with Crippen LogP contribution in [-0.2, 0) is 19.4 Å². The predicted molar refractivity (Wildman–Crippen MR) is 117 cm³/mol. The normalized spacial score (nSPS) is 13.0. The summed E-state index contributed by atoms with van der Waals surface area (Å²) in [4.78, 5) is 12.6. The van der Waals surface area contributed by atoms with Crippen molar-refractivity contribution in [2.45, 2.75) is 32.4 Å². The minimum atomic E-state index is -0.169. The first-order valence-electron chi connectivity index (χ1n) is 10.2. The molecule has 0 bridgehead atoms. The highest BCUT2D eigenvalue weighted by molar-refractivity contribution is 5.74. The summed E-state index contributed by atoms with van der Waals surface area (Å²) in [6.07, 6.45) is 1.44. The smallest absolute Gasteiger partial charge is 0.315 e. The Kier molecular flexibility index (Phi) is 6.18. The molecule has 1 aliphatic heterocycles. The Balaban J connectivity index is 1.41. The zero-order valence-corrected chi connectivity index (χ0v) is 17.1. The third kappa shape index (κ3) is 5.32. The van der Waals surface area contributed by atoms with Crippen molar-refractivity contribution >= 4 is 6.03 Å². The number of hydrogen-bond donors (Lipinski definition) is 2. The molecule has 154 valence electrons. The van der Waals surface area contributed by atoms with Gasteiger partial charge in [-0.15, -0.1) is 0 Å². The van der Waals surface area contributed by atoms with Gasteiger partial charge in [-0.2, -0.15) is 0 Å². The number of aryl methyl sites for hydroxylation is 1. The topological polar surface area (TPSA) is 59.6 Å². The van der Waals surface area contributed by atoms with E-state index in [9.17, 15) is 4.79 Å². The van der Waals surface area contributed by atoms with E-state index < -0.39 is 0 Å². The Labute approximate surface area is 177 Å². The third-order valence-electron chi connectivity index (χ3n) is 5.15. The van der Waals surface area contributed by atoms with Gasteiger partial charge in [0.15, 0.2) is 11.5 Å². The monoisotopic (exact) mass is 402 g/mol. The minimum Gasteiger partial charge on any atom is -0.454 e. The van der Waals surface area contributed by atoms with Crippen LogP contribution in [0, 0.1) is 6.92 Å². The highest BCUT2D eigenvalue weighted by atomic mass is 16.7. The van der Waals surface area contributed by atoms with Crippen LogP contribution in [0.15, 0.2) is 72.8 Å². The molecule has 0 unspecified atom stereocenters. The predicted octanol–water partition coefficient (Wildman–Crippen LogP) is 4.38. The number of carbonyl (C=O) groups excluding carboxylic acids is 1. The van der Waals surface area contributed by atoms with E-state index in [1.54, 1.807) is 0 Å². The van der Waals surface area contributed by atoms with Crippen LogP contribution in [0.2, 0.25) is 0 Å². The molecule has 2 amide bonds. The summed E-state index contributed by atoms with van der Waals surface area (Å²) in [6, 6.07) is 24.1. The number of amides is 2. The van der Waals surface area contributed by atoms with Crippen molar-refractivity contribution < 1.29 is 14.3 Å². The highest BCUT2D eigenvalue weighted by Crippen LogP contribution is 2.32. The highest BCUT2D eigenvalue weighted by Gasteiger charge is 2.17.